The van der Waals surface area contributed by atoms with Gasteiger partial charge in [0.05, 0.1) is 19.0 Å². The fraction of sp³-hybridized carbons (Fsp3) is 0.600. The second-order valence-electron chi connectivity index (χ2n) is 17.6. The van der Waals surface area contributed by atoms with Crippen LogP contribution in [0.2, 0.25) is 0 Å². The summed E-state index contributed by atoms with van der Waals surface area (Å²) >= 11 is 0. The third kappa shape index (κ3) is 24.8. The number of carbonyl (C=O) groups is 12. The van der Waals surface area contributed by atoms with Crippen LogP contribution < -0.4 is 59.7 Å². The molecule has 71 heavy (non-hydrogen) atoms. The maximum atomic E-state index is 14.1. The highest BCUT2D eigenvalue weighted by Gasteiger charge is 2.35. The van der Waals surface area contributed by atoms with Crippen molar-refractivity contribution in [3.63, 3.8) is 0 Å². The summed E-state index contributed by atoms with van der Waals surface area (Å²) in [5.41, 5.74) is 17.0. The minimum Gasteiger partial charge on any atom is -0.481 e. The van der Waals surface area contributed by atoms with Gasteiger partial charge in [-0.15, -0.1) is 0 Å². The van der Waals surface area contributed by atoms with Crippen molar-refractivity contribution >= 4 is 71.1 Å². The first-order chi connectivity index (χ1) is 33.2. The molecule has 17 N–H and O–H groups in total. The number of benzene rings is 1. The topological polar surface area (TPSA) is 440 Å². The Morgan fingerprint density at radius 3 is 1.48 bits per heavy atom. The number of primary amides is 1. The Labute approximate surface area is 410 Å². The lowest BCUT2D eigenvalue weighted by Gasteiger charge is -2.28. The number of rotatable bonds is 34. The van der Waals surface area contributed by atoms with Gasteiger partial charge in [0.2, 0.25) is 53.2 Å². The highest BCUT2D eigenvalue weighted by atomic mass is 16.4. The summed E-state index contributed by atoms with van der Waals surface area (Å²) in [6.45, 7) is 7.28. The predicted molar refractivity (Wildman–Crippen MR) is 253 cm³/mol. The summed E-state index contributed by atoms with van der Waals surface area (Å²) < 4.78 is 0. The lowest BCUT2D eigenvalue weighted by atomic mass is 10.00. The summed E-state index contributed by atoms with van der Waals surface area (Å²) in [5, 5.41) is 47.6. The maximum Gasteiger partial charge on any atom is 0.326 e. The number of amides is 9. The number of nitrogens with one attached hydrogen (secondary N) is 8. The quantitative estimate of drug-likeness (QED) is 0.0299. The Morgan fingerprint density at radius 2 is 1.01 bits per heavy atom. The van der Waals surface area contributed by atoms with Gasteiger partial charge in [0.15, 0.2) is 0 Å². The number of unbranched alkanes of at least 4 members (excludes halogenated alkanes) is 1. The molecule has 1 aromatic rings. The van der Waals surface area contributed by atoms with Crippen molar-refractivity contribution < 1.29 is 72.9 Å². The number of hydrogen-bond donors (Lipinski definition) is 14. The molecule has 0 aliphatic carbocycles. The van der Waals surface area contributed by atoms with E-state index in [1.54, 1.807) is 44.2 Å². The number of carboxylic acids is 3. The molecule has 26 heteroatoms. The fourth-order valence-electron chi connectivity index (χ4n) is 6.70. The van der Waals surface area contributed by atoms with Crippen LogP contribution in [0.5, 0.6) is 0 Å². The summed E-state index contributed by atoms with van der Waals surface area (Å²) in [6.07, 6.45) is -2.41. The second-order valence-corrected chi connectivity index (χ2v) is 17.6. The van der Waals surface area contributed by atoms with E-state index >= 15 is 0 Å². The zero-order valence-corrected chi connectivity index (χ0v) is 40.6. The molecular weight excluding hydrogens is 935 g/mol. The SMILES string of the molecule is CC(C)CC(NC(=O)C(Cc1ccccc1)NC(=O)CNC(=O)C(CCCCN)NC(=O)C(CC(N)=O)NC(=O)C(C)N)C(=O)NC(CCC(=O)O)C(=O)NC(CCC(=O)O)C(=O)NC(C(=O)O)C(C)C. The van der Waals surface area contributed by atoms with Crippen LogP contribution >= 0.6 is 0 Å². The van der Waals surface area contributed by atoms with Crippen molar-refractivity contribution in [2.45, 2.75) is 147 Å². The van der Waals surface area contributed by atoms with Gasteiger partial charge in [0.1, 0.15) is 42.3 Å². The van der Waals surface area contributed by atoms with Crippen LogP contribution in [-0.4, -0.2) is 148 Å². The average Bonchev–Trinajstić information content (AvgIpc) is 3.28. The van der Waals surface area contributed by atoms with E-state index in [1.165, 1.54) is 20.8 Å². The van der Waals surface area contributed by atoms with Crippen LogP contribution in [0, 0.1) is 11.8 Å². The number of hydrogen-bond acceptors (Lipinski definition) is 14. The Balaban J connectivity index is 3.43. The first kappa shape index (κ1) is 61.8. The van der Waals surface area contributed by atoms with E-state index in [4.69, 9.17) is 17.2 Å². The van der Waals surface area contributed by atoms with Crippen LogP contribution in [0.3, 0.4) is 0 Å². The van der Waals surface area contributed by atoms with Crippen molar-refractivity contribution in [2.75, 3.05) is 13.1 Å². The smallest absolute Gasteiger partial charge is 0.326 e. The van der Waals surface area contributed by atoms with Gasteiger partial charge in [-0.3, -0.25) is 52.7 Å². The fourth-order valence-corrected chi connectivity index (χ4v) is 6.70. The van der Waals surface area contributed by atoms with Gasteiger partial charge in [-0.1, -0.05) is 58.0 Å². The Kier molecular flexibility index (Phi) is 27.7. The van der Waals surface area contributed by atoms with Crippen LogP contribution in [0.25, 0.3) is 0 Å². The third-order valence-corrected chi connectivity index (χ3v) is 10.5. The molecule has 8 unspecified atom stereocenters. The molecule has 0 bridgehead atoms. The van der Waals surface area contributed by atoms with Gasteiger partial charge in [-0.2, -0.15) is 0 Å². The molecular formula is C45H71N11O15. The van der Waals surface area contributed by atoms with Gasteiger partial charge in [-0.05, 0) is 69.4 Å². The van der Waals surface area contributed by atoms with Crippen molar-refractivity contribution in [1.82, 2.24) is 42.5 Å². The number of carboxylic acid groups (broad SMARTS) is 3. The first-order valence-corrected chi connectivity index (χ1v) is 23.1. The minimum absolute atomic E-state index is 0.0181. The van der Waals surface area contributed by atoms with Gasteiger partial charge >= 0.3 is 17.9 Å². The second kappa shape index (κ2) is 31.8. The molecule has 9 amide bonds. The van der Waals surface area contributed by atoms with Crippen LogP contribution in [-0.2, 0) is 64.0 Å². The monoisotopic (exact) mass is 1010 g/mol. The molecule has 396 valence electrons. The Hall–Kier alpha value is -7.22. The highest BCUT2D eigenvalue weighted by Crippen LogP contribution is 2.12. The molecule has 0 aliphatic rings. The van der Waals surface area contributed by atoms with E-state index in [0.717, 1.165) is 0 Å². The highest BCUT2D eigenvalue weighted by molar-refractivity contribution is 5.98. The average molecular weight is 1010 g/mol. The lowest BCUT2D eigenvalue weighted by Crippen LogP contribution is -2.59. The van der Waals surface area contributed by atoms with Gasteiger partial charge in [0.25, 0.3) is 0 Å². The van der Waals surface area contributed by atoms with Gasteiger partial charge in [-0.25, -0.2) is 4.79 Å². The van der Waals surface area contributed by atoms with Gasteiger partial charge < -0.3 is 75.1 Å². The summed E-state index contributed by atoms with van der Waals surface area (Å²) in [6, 6.07) is -3.07. The van der Waals surface area contributed by atoms with Crippen LogP contribution in [0.15, 0.2) is 30.3 Å². The van der Waals surface area contributed by atoms with E-state index in [2.05, 4.69) is 42.5 Å². The Morgan fingerprint density at radius 1 is 0.549 bits per heavy atom. The molecule has 0 fully saturated rings. The summed E-state index contributed by atoms with van der Waals surface area (Å²) in [5.74, 6) is -13.5. The lowest BCUT2D eigenvalue weighted by molar-refractivity contribution is -0.144. The van der Waals surface area contributed by atoms with Gasteiger partial charge in [0, 0.05) is 19.3 Å². The first-order valence-electron chi connectivity index (χ1n) is 23.1. The molecule has 8 atom stereocenters. The predicted octanol–water partition coefficient (Wildman–Crippen LogP) is -3.39. The minimum atomic E-state index is -1.68. The molecule has 0 radical (unpaired) electrons. The van der Waals surface area contributed by atoms with Crippen LogP contribution in [0.1, 0.15) is 98.0 Å². The number of nitrogens with two attached hydrogens (primary N) is 3. The molecule has 26 nitrogen and oxygen atoms in total. The van der Waals surface area contributed by atoms with Crippen molar-refractivity contribution in [3.05, 3.63) is 35.9 Å². The maximum absolute atomic E-state index is 14.1. The van der Waals surface area contributed by atoms with E-state index in [0.29, 0.717) is 18.4 Å². The van der Waals surface area contributed by atoms with Crippen LogP contribution in [0.4, 0.5) is 0 Å². The van der Waals surface area contributed by atoms with E-state index < -0.39 is 164 Å². The molecule has 0 saturated heterocycles. The number of aliphatic carboxylic acids is 3. The van der Waals surface area contributed by atoms with Crippen molar-refractivity contribution in [2.24, 2.45) is 29.0 Å². The molecule has 1 rings (SSSR count). The number of carbonyl (C=O) groups excluding carboxylic acids is 9. The summed E-state index contributed by atoms with van der Waals surface area (Å²) in [4.78, 5) is 154. The normalized spacial score (nSPS) is 14.4. The Bertz CT molecular complexity index is 2020. The zero-order chi connectivity index (χ0) is 54.0. The molecule has 0 aromatic heterocycles. The molecule has 1 aromatic carbocycles. The molecule has 0 aliphatic heterocycles. The molecule has 0 saturated carbocycles. The van der Waals surface area contributed by atoms with Crippen molar-refractivity contribution in [1.29, 1.82) is 0 Å². The van der Waals surface area contributed by atoms with E-state index in [1.807, 2.05) is 0 Å². The molecule has 0 heterocycles. The van der Waals surface area contributed by atoms with Crippen molar-refractivity contribution in [3.8, 4) is 0 Å². The van der Waals surface area contributed by atoms with E-state index in [-0.39, 0.29) is 31.7 Å². The standard InChI is InChI=1S/C45H71N11O15/c1-23(2)19-30(42(67)53-28(14-16-35(59)60)40(65)52-29(15-17-36(61)62)41(66)56-37(24(3)4)45(70)71)55-43(68)31(20-26-11-7-6-8-12-26)50-34(58)22-49-39(64)27(13-9-10-18-46)51-44(69)32(21-33(48)57)54-38(63)25(5)47/h6-8,11-12,23-25,27-32,37H,9-10,13-22,46-47H2,1-5H3,(H2,48,57)(H,49,64)(H,50,58)(H,51,69)(H,52,65)(H,53,67)(H,54,63)(H,55,68)(H,56,66)(H,59,60)(H,61,62)(H,70,71). The largest absolute Gasteiger partial charge is 0.481 e. The van der Waals surface area contributed by atoms with E-state index in [9.17, 15) is 72.9 Å². The molecule has 0 spiro atoms. The third-order valence-electron chi connectivity index (χ3n) is 10.5. The summed E-state index contributed by atoms with van der Waals surface area (Å²) in [7, 11) is 0. The zero-order valence-electron chi connectivity index (χ0n) is 40.6.